The van der Waals surface area contributed by atoms with Gasteiger partial charge in [0, 0.05) is 9.75 Å². The minimum absolute atomic E-state index is 0.398. The van der Waals surface area contributed by atoms with E-state index < -0.39 is 18.0 Å². The molecule has 2 aliphatic rings. The fraction of sp³-hybridized carbons (Fsp3) is 0.476. The molecule has 2 aliphatic carbocycles. The number of thiophene rings is 2. The molecule has 7 heteroatoms. The predicted octanol–water partition coefficient (Wildman–Crippen LogP) is 4.62. The molecule has 2 heterocycles. The molecule has 146 valence electrons. The van der Waals surface area contributed by atoms with Gasteiger partial charge in [0.15, 0.2) is 6.10 Å². The number of ether oxygens (including phenoxy) is 1. The zero-order chi connectivity index (χ0) is 19.7. The van der Waals surface area contributed by atoms with Crippen molar-refractivity contribution in [3.63, 3.8) is 0 Å². The average Bonchev–Trinajstić information content (AvgIpc) is 3.28. The summed E-state index contributed by atoms with van der Waals surface area (Å²) in [7, 11) is 0. The van der Waals surface area contributed by atoms with Crippen molar-refractivity contribution < 1.29 is 14.3 Å². The normalized spacial score (nSPS) is 16.4. The van der Waals surface area contributed by atoms with Crippen LogP contribution in [-0.4, -0.2) is 18.0 Å². The van der Waals surface area contributed by atoms with Crippen molar-refractivity contribution in [3.8, 4) is 6.07 Å². The largest absolute Gasteiger partial charge is 0.448 e. The highest BCUT2D eigenvalue weighted by Gasteiger charge is 2.26. The van der Waals surface area contributed by atoms with Gasteiger partial charge in [-0.2, -0.15) is 5.26 Å². The molecule has 0 saturated heterocycles. The van der Waals surface area contributed by atoms with E-state index in [0.717, 1.165) is 56.9 Å². The third-order valence-corrected chi connectivity index (χ3v) is 7.80. The smallest absolute Gasteiger partial charge is 0.349 e. The van der Waals surface area contributed by atoms with Crippen LogP contribution in [0.25, 0.3) is 0 Å². The van der Waals surface area contributed by atoms with E-state index in [-0.39, 0.29) is 0 Å². The van der Waals surface area contributed by atoms with Crippen LogP contribution in [0.4, 0.5) is 5.00 Å². The van der Waals surface area contributed by atoms with E-state index in [1.54, 1.807) is 6.92 Å². The van der Waals surface area contributed by atoms with Gasteiger partial charge >= 0.3 is 5.97 Å². The summed E-state index contributed by atoms with van der Waals surface area (Å²) < 4.78 is 5.40. The van der Waals surface area contributed by atoms with Gasteiger partial charge in [-0.3, -0.25) is 4.79 Å². The van der Waals surface area contributed by atoms with Crippen LogP contribution in [0.5, 0.6) is 0 Å². The Labute approximate surface area is 172 Å². The highest BCUT2D eigenvalue weighted by Crippen LogP contribution is 2.37. The number of rotatable bonds is 4. The monoisotopic (exact) mass is 414 g/mol. The van der Waals surface area contributed by atoms with Crippen molar-refractivity contribution >= 4 is 39.6 Å². The molecule has 28 heavy (non-hydrogen) atoms. The van der Waals surface area contributed by atoms with Crippen molar-refractivity contribution in [2.45, 2.75) is 64.4 Å². The summed E-state index contributed by atoms with van der Waals surface area (Å²) in [5.41, 5.74) is 2.88. The van der Waals surface area contributed by atoms with Crippen LogP contribution in [0.3, 0.4) is 0 Å². The molecule has 4 rings (SSSR count). The van der Waals surface area contributed by atoms with Crippen molar-refractivity contribution in [3.05, 3.63) is 37.4 Å². The predicted molar refractivity (Wildman–Crippen MR) is 110 cm³/mol. The van der Waals surface area contributed by atoms with Gasteiger partial charge in [-0.15, -0.1) is 22.7 Å². The molecule has 2 aromatic rings. The third-order valence-electron chi connectivity index (χ3n) is 5.37. The second kappa shape index (κ2) is 8.06. The van der Waals surface area contributed by atoms with Gasteiger partial charge in [0.25, 0.3) is 5.91 Å². The van der Waals surface area contributed by atoms with Crippen LogP contribution in [-0.2, 0) is 35.2 Å². The Kier molecular flexibility index (Phi) is 5.51. The summed E-state index contributed by atoms with van der Waals surface area (Å²) >= 11 is 2.95. The first-order valence-corrected chi connectivity index (χ1v) is 11.4. The zero-order valence-corrected chi connectivity index (χ0v) is 17.4. The van der Waals surface area contributed by atoms with E-state index in [2.05, 4.69) is 11.4 Å². The van der Waals surface area contributed by atoms with Gasteiger partial charge in [-0.25, -0.2) is 4.79 Å². The summed E-state index contributed by atoms with van der Waals surface area (Å²) in [5, 5.41) is 12.9. The number of esters is 1. The molecule has 1 amide bonds. The van der Waals surface area contributed by atoms with Gasteiger partial charge < -0.3 is 10.1 Å². The number of aryl methyl sites for hydroxylation is 3. The lowest BCUT2D eigenvalue weighted by atomic mass is 9.96. The molecule has 1 N–H and O–H groups in total. The number of hydrogen-bond acceptors (Lipinski definition) is 6. The average molecular weight is 415 g/mol. The fourth-order valence-electron chi connectivity index (χ4n) is 3.85. The van der Waals surface area contributed by atoms with Gasteiger partial charge in [-0.1, -0.05) is 0 Å². The maximum absolute atomic E-state index is 12.6. The minimum Gasteiger partial charge on any atom is -0.448 e. The van der Waals surface area contributed by atoms with Crippen molar-refractivity contribution in [2.24, 2.45) is 0 Å². The Balaban J connectivity index is 1.43. The molecule has 0 bridgehead atoms. The number of nitrogens with one attached hydrogen (secondary N) is 1. The molecule has 2 aromatic heterocycles. The lowest BCUT2D eigenvalue weighted by Gasteiger charge is -2.12. The Hall–Kier alpha value is -2.17. The standard InChI is InChI=1S/C21H22N2O3S2/c1-12(26-21(25)18-10-13-6-2-4-8-16(13)27-18)19(24)23-20-15(11-22)14-7-3-5-9-17(14)28-20/h10,12H,2-9H2,1H3,(H,23,24). The van der Waals surface area contributed by atoms with Gasteiger partial charge in [0.1, 0.15) is 15.9 Å². The van der Waals surface area contributed by atoms with Crippen LogP contribution < -0.4 is 5.32 Å². The van der Waals surface area contributed by atoms with E-state index in [9.17, 15) is 14.9 Å². The van der Waals surface area contributed by atoms with E-state index in [1.807, 2.05) is 6.07 Å². The molecular formula is C21H22N2O3S2. The van der Waals surface area contributed by atoms with E-state index >= 15 is 0 Å². The van der Waals surface area contributed by atoms with Gasteiger partial charge in [0.2, 0.25) is 0 Å². The SMILES string of the molecule is CC(OC(=O)c1cc2c(s1)CCCC2)C(=O)Nc1sc2c(c1C#N)CCCC2. The topological polar surface area (TPSA) is 79.2 Å². The molecule has 0 radical (unpaired) electrons. The van der Waals surface area contributed by atoms with Gasteiger partial charge in [-0.05, 0) is 75.5 Å². The van der Waals surface area contributed by atoms with Crippen molar-refractivity contribution in [2.75, 3.05) is 5.32 Å². The number of nitrogens with zero attached hydrogens (tertiary/aromatic N) is 1. The Morgan fingerprint density at radius 3 is 2.57 bits per heavy atom. The molecule has 1 unspecified atom stereocenters. The number of carbonyl (C=O) groups is 2. The first kappa shape index (κ1) is 19.2. The van der Waals surface area contributed by atoms with Crippen LogP contribution in [0, 0.1) is 11.3 Å². The fourth-order valence-corrected chi connectivity index (χ4v) is 6.23. The molecular weight excluding hydrogens is 392 g/mol. The molecule has 1 atom stereocenters. The molecule has 0 aliphatic heterocycles. The summed E-state index contributed by atoms with van der Waals surface area (Å²) in [6, 6.07) is 4.14. The highest BCUT2D eigenvalue weighted by molar-refractivity contribution is 7.16. The second-order valence-corrected chi connectivity index (χ2v) is 9.57. The Bertz CT molecular complexity index is 944. The Morgan fingerprint density at radius 1 is 1.11 bits per heavy atom. The summed E-state index contributed by atoms with van der Waals surface area (Å²) in [4.78, 5) is 28.1. The maximum Gasteiger partial charge on any atom is 0.349 e. The molecule has 0 aromatic carbocycles. The molecule has 0 spiro atoms. The molecule has 0 saturated carbocycles. The van der Waals surface area contributed by atoms with Crippen LogP contribution in [0.1, 0.15) is 68.7 Å². The number of carbonyl (C=O) groups excluding carboxylic acids is 2. The lowest BCUT2D eigenvalue weighted by molar-refractivity contribution is -0.123. The zero-order valence-electron chi connectivity index (χ0n) is 15.8. The third kappa shape index (κ3) is 3.71. The summed E-state index contributed by atoms with van der Waals surface area (Å²) in [6.07, 6.45) is 7.46. The highest BCUT2D eigenvalue weighted by atomic mass is 32.1. The number of nitriles is 1. The number of anilines is 1. The van der Waals surface area contributed by atoms with E-state index in [1.165, 1.54) is 38.0 Å². The number of amides is 1. The van der Waals surface area contributed by atoms with Crippen molar-refractivity contribution in [1.82, 2.24) is 0 Å². The molecule has 5 nitrogen and oxygen atoms in total. The van der Waals surface area contributed by atoms with E-state index in [4.69, 9.17) is 4.74 Å². The minimum atomic E-state index is -0.919. The first-order chi connectivity index (χ1) is 13.6. The maximum atomic E-state index is 12.6. The molecule has 0 fully saturated rings. The first-order valence-electron chi connectivity index (χ1n) is 9.75. The van der Waals surface area contributed by atoms with Crippen LogP contribution in [0.2, 0.25) is 0 Å². The van der Waals surface area contributed by atoms with Crippen LogP contribution in [0.15, 0.2) is 6.07 Å². The lowest BCUT2D eigenvalue weighted by Crippen LogP contribution is -2.29. The summed E-state index contributed by atoms with van der Waals surface area (Å²) in [5.74, 6) is -0.849. The Morgan fingerprint density at radius 2 is 1.82 bits per heavy atom. The van der Waals surface area contributed by atoms with Crippen LogP contribution >= 0.6 is 22.7 Å². The number of hydrogen-bond donors (Lipinski definition) is 1. The van der Waals surface area contributed by atoms with E-state index in [0.29, 0.717) is 15.4 Å². The second-order valence-electron chi connectivity index (χ2n) is 7.33. The summed E-state index contributed by atoms with van der Waals surface area (Å²) in [6.45, 7) is 1.57. The van der Waals surface area contributed by atoms with Gasteiger partial charge in [0.05, 0.1) is 5.56 Å². The quantitative estimate of drug-likeness (QED) is 0.740. The number of fused-ring (bicyclic) bond motifs is 2. The van der Waals surface area contributed by atoms with Crippen molar-refractivity contribution in [1.29, 1.82) is 5.26 Å².